The first-order valence-electron chi connectivity index (χ1n) is 6.11. The van der Waals surface area contributed by atoms with Gasteiger partial charge in [0.1, 0.15) is 5.75 Å². The van der Waals surface area contributed by atoms with Crippen LogP contribution < -0.4 is 15.4 Å². The van der Waals surface area contributed by atoms with Gasteiger partial charge in [-0.05, 0) is 24.3 Å². The van der Waals surface area contributed by atoms with Gasteiger partial charge in [-0.15, -0.1) is 0 Å². The average molecular weight is 291 g/mol. The number of carbonyl (C=O) groups excluding carboxylic acids is 1. The number of hydrogen-bond donors (Lipinski definition) is 2. The molecule has 0 aromatic heterocycles. The molecule has 0 bridgehead atoms. The van der Waals surface area contributed by atoms with E-state index in [2.05, 4.69) is 10.6 Å². The minimum absolute atomic E-state index is 0.164. The minimum atomic E-state index is -0.177. The molecular formula is C15H15ClN2O2. The number of rotatable bonds is 5. The third-order valence-corrected chi connectivity index (χ3v) is 3.00. The average Bonchev–Trinajstić information content (AvgIpc) is 2.48. The fourth-order valence-electron chi connectivity index (χ4n) is 1.66. The summed E-state index contributed by atoms with van der Waals surface area (Å²) in [5.74, 6) is 0.463. The largest absolute Gasteiger partial charge is 0.497 e. The van der Waals surface area contributed by atoms with Crippen molar-refractivity contribution in [2.75, 3.05) is 24.3 Å². The van der Waals surface area contributed by atoms with Gasteiger partial charge in [0.25, 0.3) is 0 Å². The lowest BCUT2D eigenvalue weighted by molar-refractivity contribution is -0.114. The van der Waals surface area contributed by atoms with Crippen LogP contribution in [0.25, 0.3) is 0 Å². The summed E-state index contributed by atoms with van der Waals surface area (Å²) in [5.41, 5.74) is 1.42. The van der Waals surface area contributed by atoms with Crippen molar-refractivity contribution in [3.05, 3.63) is 53.6 Å². The van der Waals surface area contributed by atoms with Crippen molar-refractivity contribution in [3.8, 4) is 5.75 Å². The molecule has 1 amide bonds. The second kappa shape index (κ2) is 6.82. The molecule has 0 aliphatic rings. The lowest BCUT2D eigenvalue weighted by Crippen LogP contribution is -2.21. The highest BCUT2D eigenvalue weighted by Crippen LogP contribution is 2.26. The number of benzene rings is 2. The summed E-state index contributed by atoms with van der Waals surface area (Å²) >= 11 is 6.02. The third kappa shape index (κ3) is 3.90. The van der Waals surface area contributed by atoms with E-state index in [1.807, 2.05) is 30.3 Å². The van der Waals surface area contributed by atoms with Crippen molar-refractivity contribution < 1.29 is 9.53 Å². The van der Waals surface area contributed by atoms with Crippen molar-refractivity contribution in [3.63, 3.8) is 0 Å². The predicted molar refractivity (Wildman–Crippen MR) is 81.6 cm³/mol. The van der Waals surface area contributed by atoms with E-state index in [1.165, 1.54) is 0 Å². The number of para-hydroxylation sites is 1. The monoisotopic (exact) mass is 290 g/mol. The van der Waals surface area contributed by atoms with E-state index in [-0.39, 0.29) is 12.5 Å². The lowest BCUT2D eigenvalue weighted by atomic mass is 10.3. The van der Waals surface area contributed by atoms with E-state index in [4.69, 9.17) is 16.3 Å². The number of anilines is 2. The number of halogens is 1. The van der Waals surface area contributed by atoms with Crippen LogP contribution in [0.4, 0.5) is 11.4 Å². The number of carbonyl (C=O) groups is 1. The SMILES string of the molecule is COc1ccc(Cl)c(NC(=O)CNc2ccccc2)c1. The van der Waals surface area contributed by atoms with Crippen molar-refractivity contribution >= 4 is 28.9 Å². The molecule has 0 spiro atoms. The Morgan fingerprint density at radius 2 is 1.95 bits per heavy atom. The molecule has 2 N–H and O–H groups in total. The highest BCUT2D eigenvalue weighted by atomic mass is 35.5. The molecule has 0 unspecified atom stereocenters. The molecule has 2 aromatic carbocycles. The molecule has 2 rings (SSSR count). The quantitative estimate of drug-likeness (QED) is 0.887. The van der Waals surface area contributed by atoms with Gasteiger partial charge in [0.2, 0.25) is 5.91 Å². The highest BCUT2D eigenvalue weighted by molar-refractivity contribution is 6.33. The first-order valence-corrected chi connectivity index (χ1v) is 6.49. The number of methoxy groups -OCH3 is 1. The normalized spacial score (nSPS) is 9.90. The number of ether oxygens (including phenoxy) is 1. The molecule has 20 heavy (non-hydrogen) atoms. The molecule has 0 heterocycles. The second-order valence-electron chi connectivity index (χ2n) is 4.11. The molecule has 5 heteroatoms. The van der Waals surface area contributed by atoms with Gasteiger partial charge in [-0.1, -0.05) is 29.8 Å². The van der Waals surface area contributed by atoms with Gasteiger partial charge in [-0.25, -0.2) is 0 Å². The van der Waals surface area contributed by atoms with E-state index in [1.54, 1.807) is 25.3 Å². The predicted octanol–water partition coefficient (Wildman–Crippen LogP) is 3.40. The van der Waals surface area contributed by atoms with Gasteiger partial charge in [0.15, 0.2) is 0 Å². The first-order chi connectivity index (χ1) is 9.69. The van der Waals surface area contributed by atoms with Crippen LogP contribution in [0, 0.1) is 0 Å². The van der Waals surface area contributed by atoms with E-state index >= 15 is 0 Å². The number of hydrogen-bond acceptors (Lipinski definition) is 3. The van der Waals surface area contributed by atoms with Crippen LogP contribution in [0.3, 0.4) is 0 Å². The van der Waals surface area contributed by atoms with Gasteiger partial charge >= 0.3 is 0 Å². The molecule has 0 aliphatic carbocycles. The van der Waals surface area contributed by atoms with E-state index < -0.39 is 0 Å². The zero-order chi connectivity index (χ0) is 14.4. The van der Waals surface area contributed by atoms with Crippen LogP contribution >= 0.6 is 11.6 Å². The second-order valence-corrected chi connectivity index (χ2v) is 4.52. The zero-order valence-electron chi connectivity index (χ0n) is 11.0. The fraction of sp³-hybridized carbons (Fsp3) is 0.133. The molecule has 0 atom stereocenters. The van der Waals surface area contributed by atoms with Crippen molar-refractivity contribution in [2.24, 2.45) is 0 Å². The van der Waals surface area contributed by atoms with Crippen molar-refractivity contribution in [2.45, 2.75) is 0 Å². The Labute approximate surface area is 122 Å². The Kier molecular flexibility index (Phi) is 4.85. The summed E-state index contributed by atoms with van der Waals surface area (Å²) < 4.78 is 5.10. The zero-order valence-corrected chi connectivity index (χ0v) is 11.8. The van der Waals surface area contributed by atoms with Gasteiger partial charge in [-0.3, -0.25) is 4.79 Å². The fourth-order valence-corrected chi connectivity index (χ4v) is 1.82. The van der Waals surface area contributed by atoms with Crippen molar-refractivity contribution in [1.82, 2.24) is 0 Å². The third-order valence-electron chi connectivity index (χ3n) is 2.67. The van der Waals surface area contributed by atoms with Crippen molar-refractivity contribution in [1.29, 1.82) is 0 Å². The molecule has 0 fully saturated rings. The standard InChI is InChI=1S/C15H15ClN2O2/c1-20-12-7-8-13(16)14(9-12)18-15(19)10-17-11-5-3-2-4-6-11/h2-9,17H,10H2,1H3,(H,18,19). The lowest BCUT2D eigenvalue weighted by Gasteiger charge is -2.10. The molecule has 0 saturated carbocycles. The molecule has 0 saturated heterocycles. The summed E-state index contributed by atoms with van der Waals surface area (Å²) in [6, 6.07) is 14.6. The Hall–Kier alpha value is -2.20. The molecule has 2 aromatic rings. The summed E-state index contributed by atoms with van der Waals surface area (Å²) in [7, 11) is 1.56. The topological polar surface area (TPSA) is 50.4 Å². The Morgan fingerprint density at radius 3 is 2.65 bits per heavy atom. The van der Waals surface area contributed by atoms with Crippen LogP contribution in [-0.2, 0) is 4.79 Å². The van der Waals surface area contributed by atoms with Crippen LogP contribution in [-0.4, -0.2) is 19.6 Å². The van der Waals surface area contributed by atoms with Gasteiger partial charge in [-0.2, -0.15) is 0 Å². The number of nitrogens with one attached hydrogen (secondary N) is 2. The van der Waals surface area contributed by atoms with Gasteiger partial charge in [0.05, 0.1) is 24.4 Å². The molecule has 104 valence electrons. The smallest absolute Gasteiger partial charge is 0.243 e. The summed E-state index contributed by atoms with van der Waals surface area (Å²) in [6.07, 6.45) is 0. The maximum Gasteiger partial charge on any atom is 0.243 e. The highest BCUT2D eigenvalue weighted by Gasteiger charge is 2.07. The summed E-state index contributed by atoms with van der Waals surface area (Å²) in [4.78, 5) is 11.9. The van der Waals surface area contributed by atoms with Gasteiger partial charge < -0.3 is 15.4 Å². The van der Waals surface area contributed by atoms with E-state index in [0.717, 1.165) is 5.69 Å². The number of amides is 1. The summed E-state index contributed by atoms with van der Waals surface area (Å²) in [5, 5.41) is 6.24. The first kappa shape index (κ1) is 14.2. The van der Waals surface area contributed by atoms with Crippen LogP contribution in [0.1, 0.15) is 0 Å². The molecule has 0 radical (unpaired) electrons. The van der Waals surface area contributed by atoms with Crippen LogP contribution in [0.15, 0.2) is 48.5 Å². The maximum atomic E-state index is 11.9. The molecule has 4 nitrogen and oxygen atoms in total. The molecule has 0 aliphatic heterocycles. The van der Waals surface area contributed by atoms with E-state index in [0.29, 0.717) is 16.5 Å². The Bertz CT molecular complexity index is 588. The van der Waals surface area contributed by atoms with Crippen LogP contribution in [0.5, 0.6) is 5.75 Å². The molecular weight excluding hydrogens is 276 g/mol. The Morgan fingerprint density at radius 1 is 1.20 bits per heavy atom. The maximum absolute atomic E-state index is 11.9. The van der Waals surface area contributed by atoms with Gasteiger partial charge in [0, 0.05) is 11.8 Å². The Balaban J connectivity index is 1.94. The summed E-state index contributed by atoms with van der Waals surface area (Å²) in [6.45, 7) is 0.164. The van der Waals surface area contributed by atoms with E-state index in [9.17, 15) is 4.79 Å². The van der Waals surface area contributed by atoms with Crippen LogP contribution in [0.2, 0.25) is 5.02 Å². The minimum Gasteiger partial charge on any atom is -0.497 e.